The Morgan fingerprint density at radius 3 is 2.16 bits per heavy atom. The number of aryl methyl sites for hydroxylation is 1. The third kappa shape index (κ3) is 3.78. The van der Waals surface area contributed by atoms with Gasteiger partial charge in [0.15, 0.2) is 0 Å². The van der Waals surface area contributed by atoms with E-state index in [0.29, 0.717) is 42.5 Å². The van der Waals surface area contributed by atoms with Crippen LogP contribution in [0, 0.1) is 6.92 Å². The predicted molar refractivity (Wildman–Crippen MR) is 97.2 cm³/mol. The van der Waals surface area contributed by atoms with Crippen molar-refractivity contribution in [3.05, 3.63) is 63.4 Å². The Balaban J connectivity index is 1.66. The van der Waals surface area contributed by atoms with Crippen LogP contribution in [-0.2, 0) is 0 Å². The van der Waals surface area contributed by atoms with Crippen LogP contribution in [0.25, 0.3) is 0 Å². The van der Waals surface area contributed by atoms with Crippen molar-refractivity contribution in [2.24, 2.45) is 0 Å². The molecule has 1 aromatic carbocycles. The van der Waals surface area contributed by atoms with E-state index in [0.717, 1.165) is 5.69 Å². The summed E-state index contributed by atoms with van der Waals surface area (Å²) in [6.07, 6.45) is 0. The van der Waals surface area contributed by atoms with Gasteiger partial charge in [-0.3, -0.25) is 9.59 Å². The minimum atomic E-state index is -0.173. The lowest BCUT2D eigenvalue weighted by molar-refractivity contribution is 0.0532. The number of rotatable bonds is 2. The van der Waals surface area contributed by atoms with E-state index in [1.54, 1.807) is 34.1 Å². The Hall–Kier alpha value is -2.11. The maximum atomic E-state index is 12.6. The highest BCUT2D eigenvalue weighted by Gasteiger charge is 2.27. The van der Waals surface area contributed by atoms with E-state index in [1.807, 2.05) is 19.1 Å². The van der Waals surface area contributed by atoms with Gasteiger partial charge < -0.3 is 9.80 Å². The van der Waals surface area contributed by atoms with Crippen molar-refractivity contribution in [1.29, 1.82) is 0 Å². The molecule has 1 saturated heterocycles. The molecule has 0 N–H and O–H groups in total. The van der Waals surface area contributed by atoms with E-state index < -0.39 is 0 Å². The second-order valence-electron chi connectivity index (χ2n) is 5.85. The first-order valence-electron chi connectivity index (χ1n) is 7.93. The van der Waals surface area contributed by atoms with E-state index >= 15 is 0 Å². The lowest BCUT2D eigenvalue weighted by Crippen LogP contribution is -2.50. The standard InChI is InChI=1S/C18H17Cl2N3O2/c1-12-4-2-7-15(21-12)18(25)23-10-8-22(9-11-23)17(24)13-5-3-6-14(19)16(13)20/h2-7H,8-11H2,1H3. The number of piperazine rings is 1. The van der Waals surface area contributed by atoms with Crippen molar-refractivity contribution in [3.8, 4) is 0 Å². The number of carbonyl (C=O) groups excluding carboxylic acids is 2. The number of hydrogen-bond acceptors (Lipinski definition) is 3. The van der Waals surface area contributed by atoms with Crippen LogP contribution in [0.1, 0.15) is 26.5 Å². The van der Waals surface area contributed by atoms with Gasteiger partial charge >= 0.3 is 0 Å². The van der Waals surface area contributed by atoms with Crippen molar-refractivity contribution in [3.63, 3.8) is 0 Å². The zero-order valence-electron chi connectivity index (χ0n) is 13.7. The van der Waals surface area contributed by atoms with E-state index in [9.17, 15) is 9.59 Å². The highest BCUT2D eigenvalue weighted by atomic mass is 35.5. The highest BCUT2D eigenvalue weighted by molar-refractivity contribution is 6.43. The average molecular weight is 378 g/mol. The van der Waals surface area contributed by atoms with Crippen LogP contribution >= 0.6 is 23.2 Å². The van der Waals surface area contributed by atoms with E-state index in [-0.39, 0.29) is 16.8 Å². The summed E-state index contributed by atoms with van der Waals surface area (Å²) in [5.74, 6) is -0.287. The van der Waals surface area contributed by atoms with Gasteiger partial charge in [0.05, 0.1) is 15.6 Å². The number of hydrogen-bond donors (Lipinski definition) is 0. The zero-order chi connectivity index (χ0) is 18.0. The number of pyridine rings is 1. The van der Waals surface area contributed by atoms with Crippen LogP contribution in [0.2, 0.25) is 10.0 Å². The van der Waals surface area contributed by atoms with Gasteiger partial charge in [-0.15, -0.1) is 0 Å². The van der Waals surface area contributed by atoms with E-state index in [2.05, 4.69) is 4.98 Å². The topological polar surface area (TPSA) is 53.5 Å². The number of aromatic nitrogens is 1. The maximum absolute atomic E-state index is 12.6. The fourth-order valence-corrected chi connectivity index (χ4v) is 3.16. The SMILES string of the molecule is Cc1cccc(C(=O)N2CCN(C(=O)c3cccc(Cl)c3Cl)CC2)n1. The van der Waals surface area contributed by atoms with E-state index in [4.69, 9.17) is 23.2 Å². The predicted octanol–water partition coefficient (Wildman–Crippen LogP) is 3.30. The molecular weight excluding hydrogens is 361 g/mol. The zero-order valence-corrected chi connectivity index (χ0v) is 15.2. The summed E-state index contributed by atoms with van der Waals surface area (Å²) in [6, 6.07) is 10.4. The summed E-state index contributed by atoms with van der Waals surface area (Å²) in [5.41, 5.74) is 1.61. The van der Waals surface area contributed by atoms with Gasteiger partial charge in [-0.05, 0) is 31.2 Å². The largest absolute Gasteiger partial charge is 0.335 e. The Kier molecular flexibility index (Phi) is 5.25. The van der Waals surface area contributed by atoms with Gasteiger partial charge in [-0.25, -0.2) is 4.98 Å². The van der Waals surface area contributed by atoms with Crippen molar-refractivity contribution in [1.82, 2.24) is 14.8 Å². The number of benzene rings is 1. The molecule has 0 aliphatic carbocycles. The van der Waals surface area contributed by atoms with Gasteiger partial charge in [0.25, 0.3) is 11.8 Å². The molecule has 0 spiro atoms. The molecule has 0 atom stereocenters. The third-order valence-corrected chi connectivity index (χ3v) is 4.96. The van der Waals surface area contributed by atoms with Gasteiger partial charge in [-0.1, -0.05) is 35.3 Å². The molecule has 0 saturated carbocycles. The van der Waals surface area contributed by atoms with Gasteiger partial charge in [0.1, 0.15) is 5.69 Å². The smallest absolute Gasteiger partial charge is 0.272 e. The molecule has 1 fully saturated rings. The number of amides is 2. The summed E-state index contributed by atoms with van der Waals surface area (Å²) < 4.78 is 0. The van der Waals surface area contributed by atoms with E-state index in [1.165, 1.54) is 0 Å². The lowest BCUT2D eigenvalue weighted by Gasteiger charge is -2.34. The second kappa shape index (κ2) is 7.42. The summed E-state index contributed by atoms with van der Waals surface area (Å²) in [5, 5.41) is 0.614. The van der Waals surface area contributed by atoms with Crippen LogP contribution in [0.5, 0.6) is 0 Å². The quantitative estimate of drug-likeness (QED) is 0.806. The second-order valence-corrected chi connectivity index (χ2v) is 6.64. The lowest BCUT2D eigenvalue weighted by atomic mass is 10.1. The normalized spacial score (nSPS) is 14.5. The molecule has 0 bridgehead atoms. The molecule has 25 heavy (non-hydrogen) atoms. The average Bonchev–Trinajstić information content (AvgIpc) is 2.63. The van der Waals surface area contributed by atoms with Crippen LogP contribution < -0.4 is 0 Å². The van der Waals surface area contributed by atoms with Crippen LogP contribution in [0.4, 0.5) is 0 Å². The molecule has 130 valence electrons. The minimum Gasteiger partial charge on any atom is -0.335 e. The van der Waals surface area contributed by atoms with Crippen molar-refractivity contribution >= 4 is 35.0 Å². The molecule has 2 heterocycles. The molecule has 7 heteroatoms. The Morgan fingerprint density at radius 1 is 0.920 bits per heavy atom. The van der Waals surface area contributed by atoms with Crippen molar-refractivity contribution < 1.29 is 9.59 Å². The maximum Gasteiger partial charge on any atom is 0.272 e. The summed E-state index contributed by atoms with van der Waals surface area (Å²) in [7, 11) is 0. The number of nitrogens with zero attached hydrogens (tertiary/aromatic N) is 3. The number of carbonyl (C=O) groups is 2. The Labute approximate surface area is 156 Å². The molecular formula is C18H17Cl2N3O2. The molecule has 1 aliphatic heterocycles. The monoisotopic (exact) mass is 377 g/mol. The summed E-state index contributed by atoms with van der Waals surface area (Å²) in [6.45, 7) is 3.65. The first-order chi connectivity index (χ1) is 12.0. The van der Waals surface area contributed by atoms with Gasteiger partial charge in [0, 0.05) is 31.9 Å². The summed E-state index contributed by atoms with van der Waals surface area (Å²) in [4.78, 5) is 32.8. The van der Waals surface area contributed by atoms with Gasteiger partial charge in [-0.2, -0.15) is 0 Å². The molecule has 2 amide bonds. The van der Waals surface area contributed by atoms with Crippen LogP contribution in [0.3, 0.4) is 0 Å². The fourth-order valence-electron chi connectivity index (χ4n) is 2.78. The molecule has 0 unspecified atom stereocenters. The van der Waals surface area contributed by atoms with Crippen molar-refractivity contribution in [2.75, 3.05) is 26.2 Å². The summed E-state index contributed by atoms with van der Waals surface area (Å²) >= 11 is 12.1. The first-order valence-corrected chi connectivity index (χ1v) is 8.69. The molecule has 1 aromatic heterocycles. The molecule has 3 rings (SSSR count). The fraction of sp³-hybridized carbons (Fsp3) is 0.278. The molecule has 0 radical (unpaired) electrons. The first kappa shape index (κ1) is 17.7. The Morgan fingerprint density at radius 2 is 1.52 bits per heavy atom. The van der Waals surface area contributed by atoms with Crippen LogP contribution in [-0.4, -0.2) is 52.8 Å². The van der Waals surface area contributed by atoms with Crippen molar-refractivity contribution in [2.45, 2.75) is 6.92 Å². The molecule has 1 aliphatic rings. The third-order valence-electron chi connectivity index (χ3n) is 4.14. The molecule has 5 nitrogen and oxygen atoms in total. The van der Waals surface area contributed by atoms with Gasteiger partial charge in [0.2, 0.25) is 0 Å². The Bertz CT molecular complexity index is 818. The number of halogens is 2. The van der Waals surface area contributed by atoms with Crippen LogP contribution in [0.15, 0.2) is 36.4 Å². The highest BCUT2D eigenvalue weighted by Crippen LogP contribution is 2.26. The minimum absolute atomic E-state index is 0.114. The molecule has 2 aromatic rings.